The standard InChI is InChI=1S/C16H25N3O/c1-3-8-17-15-11-14(6-9-18-15)12-19-10-7-13(2)4-5-16(19)20/h6,9,11,13H,3-5,7-8,10,12H2,1-2H3,(H,17,18). The molecule has 20 heavy (non-hydrogen) atoms. The van der Waals surface area contributed by atoms with Crippen LogP contribution in [0.2, 0.25) is 0 Å². The number of pyridine rings is 1. The third kappa shape index (κ3) is 4.22. The first-order valence-electron chi connectivity index (χ1n) is 7.65. The summed E-state index contributed by atoms with van der Waals surface area (Å²) in [7, 11) is 0. The second kappa shape index (κ2) is 7.27. The zero-order chi connectivity index (χ0) is 14.4. The minimum Gasteiger partial charge on any atom is -0.370 e. The van der Waals surface area contributed by atoms with Crippen molar-refractivity contribution in [2.45, 2.75) is 46.1 Å². The molecular formula is C16H25N3O. The molecule has 0 aromatic carbocycles. The molecule has 0 spiro atoms. The molecule has 1 unspecified atom stereocenters. The number of rotatable bonds is 5. The number of nitrogens with zero attached hydrogens (tertiary/aromatic N) is 2. The Kier molecular flexibility index (Phi) is 5.39. The highest BCUT2D eigenvalue weighted by Gasteiger charge is 2.20. The molecule has 0 saturated carbocycles. The number of anilines is 1. The maximum atomic E-state index is 12.1. The second-order valence-electron chi connectivity index (χ2n) is 5.72. The van der Waals surface area contributed by atoms with Gasteiger partial charge in [-0.25, -0.2) is 4.98 Å². The largest absolute Gasteiger partial charge is 0.370 e. The molecule has 1 aromatic heterocycles. The van der Waals surface area contributed by atoms with Crippen LogP contribution in [0.15, 0.2) is 18.3 Å². The summed E-state index contributed by atoms with van der Waals surface area (Å²) in [5.41, 5.74) is 1.15. The summed E-state index contributed by atoms with van der Waals surface area (Å²) in [4.78, 5) is 18.4. The number of likely N-dealkylation sites (tertiary alicyclic amines) is 1. The summed E-state index contributed by atoms with van der Waals surface area (Å²) in [6.07, 6.45) is 5.71. The lowest BCUT2D eigenvalue weighted by Gasteiger charge is -2.21. The van der Waals surface area contributed by atoms with Crippen molar-refractivity contribution < 1.29 is 4.79 Å². The van der Waals surface area contributed by atoms with Gasteiger partial charge in [0.15, 0.2) is 0 Å². The molecule has 4 heteroatoms. The second-order valence-corrected chi connectivity index (χ2v) is 5.72. The van der Waals surface area contributed by atoms with Crippen LogP contribution in [0, 0.1) is 5.92 Å². The van der Waals surface area contributed by atoms with Crippen molar-refractivity contribution in [1.29, 1.82) is 0 Å². The number of nitrogens with one attached hydrogen (secondary N) is 1. The van der Waals surface area contributed by atoms with E-state index >= 15 is 0 Å². The van der Waals surface area contributed by atoms with Gasteiger partial charge in [-0.05, 0) is 42.9 Å². The average Bonchev–Trinajstić information content (AvgIpc) is 2.61. The van der Waals surface area contributed by atoms with Crippen molar-refractivity contribution in [3.05, 3.63) is 23.9 Å². The van der Waals surface area contributed by atoms with Crippen molar-refractivity contribution in [3.63, 3.8) is 0 Å². The van der Waals surface area contributed by atoms with Crippen LogP contribution in [0.25, 0.3) is 0 Å². The molecule has 0 aliphatic carbocycles. The van der Waals surface area contributed by atoms with E-state index in [4.69, 9.17) is 0 Å². The zero-order valence-corrected chi connectivity index (χ0v) is 12.6. The first-order valence-corrected chi connectivity index (χ1v) is 7.65. The van der Waals surface area contributed by atoms with E-state index in [1.165, 1.54) is 0 Å². The van der Waals surface area contributed by atoms with Gasteiger partial charge in [-0.15, -0.1) is 0 Å². The Morgan fingerprint density at radius 1 is 1.45 bits per heavy atom. The van der Waals surface area contributed by atoms with Gasteiger partial charge in [0, 0.05) is 32.3 Å². The molecule has 2 heterocycles. The fraction of sp³-hybridized carbons (Fsp3) is 0.625. The lowest BCUT2D eigenvalue weighted by Crippen LogP contribution is -2.29. The first-order chi connectivity index (χ1) is 9.69. The summed E-state index contributed by atoms with van der Waals surface area (Å²) < 4.78 is 0. The van der Waals surface area contributed by atoms with Crippen LogP contribution in [0.5, 0.6) is 0 Å². The minimum atomic E-state index is 0.286. The molecule has 0 radical (unpaired) electrons. The predicted molar refractivity (Wildman–Crippen MR) is 81.4 cm³/mol. The van der Waals surface area contributed by atoms with E-state index in [0.29, 0.717) is 18.9 Å². The van der Waals surface area contributed by atoms with Crippen LogP contribution in [0.4, 0.5) is 5.82 Å². The number of hydrogen-bond acceptors (Lipinski definition) is 3. The SMILES string of the molecule is CCCNc1cc(CN2CCC(C)CCC2=O)ccn1. The van der Waals surface area contributed by atoms with E-state index in [0.717, 1.165) is 43.7 Å². The molecule has 110 valence electrons. The van der Waals surface area contributed by atoms with Crippen LogP contribution in [-0.4, -0.2) is 28.9 Å². The van der Waals surface area contributed by atoms with Crippen molar-refractivity contribution in [2.75, 3.05) is 18.4 Å². The van der Waals surface area contributed by atoms with Gasteiger partial charge < -0.3 is 10.2 Å². The van der Waals surface area contributed by atoms with E-state index in [-0.39, 0.29) is 5.91 Å². The monoisotopic (exact) mass is 275 g/mol. The Balaban J connectivity index is 1.99. The van der Waals surface area contributed by atoms with Crippen LogP contribution < -0.4 is 5.32 Å². The number of aromatic nitrogens is 1. The lowest BCUT2D eigenvalue weighted by atomic mass is 10.0. The smallest absolute Gasteiger partial charge is 0.222 e. The Morgan fingerprint density at radius 2 is 2.30 bits per heavy atom. The maximum absolute atomic E-state index is 12.1. The van der Waals surface area contributed by atoms with Crippen molar-refractivity contribution in [2.24, 2.45) is 5.92 Å². The van der Waals surface area contributed by atoms with Crippen LogP contribution in [0.3, 0.4) is 0 Å². The fourth-order valence-electron chi connectivity index (χ4n) is 2.48. The number of hydrogen-bond donors (Lipinski definition) is 1. The Hall–Kier alpha value is -1.58. The normalized spacial score (nSPS) is 19.8. The van der Waals surface area contributed by atoms with Gasteiger partial charge in [0.1, 0.15) is 5.82 Å². The Morgan fingerprint density at radius 3 is 3.10 bits per heavy atom. The van der Waals surface area contributed by atoms with Crippen molar-refractivity contribution in [3.8, 4) is 0 Å². The summed E-state index contributed by atoms with van der Waals surface area (Å²) in [5.74, 6) is 1.84. The molecule has 1 saturated heterocycles. The van der Waals surface area contributed by atoms with E-state index in [1.807, 2.05) is 17.2 Å². The summed E-state index contributed by atoms with van der Waals surface area (Å²) in [6, 6.07) is 4.05. The predicted octanol–water partition coefficient (Wildman–Crippen LogP) is 3.05. The van der Waals surface area contributed by atoms with E-state index in [2.05, 4.69) is 30.2 Å². The minimum absolute atomic E-state index is 0.286. The summed E-state index contributed by atoms with van der Waals surface area (Å²) in [5, 5.41) is 3.29. The highest BCUT2D eigenvalue weighted by molar-refractivity contribution is 5.76. The third-order valence-corrected chi connectivity index (χ3v) is 3.85. The van der Waals surface area contributed by atoms with E-state index in [9.17, 15) is 4.79 Å². The van der Waals surface area contributed by atoms with Gasteiger partial charge in [0.05, 0.1) is 0 Å². The van der Waals surface area contributed by atoms with Gasteiger partial charge in [-0.3, -0.25) is 4.79 Å². The summed E-state index contributed by atoms with van der Waals surface area (Å²) >= 11 is 0. The number of amides is 1. The lowest BCUT2D eigenvalue weighted by molar-refractivity contribution is -0.131. The van der Waals surface area contributed by atoms with E-state index < -0.39 is 0 Å². The zero-order valence-electron chi connectivity index (χ0n) is 12.6. The topological polar surface area (TPSA) is 45.2 Å². The first kappa shape index (κ1) is 14.8. The van der Waals surface area contributed by atoms with Gasteiger partial charge in [0.25, 0.3) is 0 Å². The molecule has 1 aromatic rings. The molecule has 1 N–H and O–H groups in total. The molecule has 0 bridgehead atoms. The molecule has 4 nitrogen and oxygen atoms in total. The van der Waals surface area contributed by atoms with Gasteiger partial charge in [-0.2, -0.15) is 0 Å². The van der Waals surface area contributed by atoms with Crippen LogP contribution >= 0.6 is 0 Å². The molecule has 1 fully saturated rings. The third-order valence-electron chi connectivity index (χ3n) is 3.85. The van der Waals surface area contributed by atoms with Crippen molar-refractivity contribution >= 4 is 11.7 Å². The molecule has 2 rings (SSSR count). The van der Waals surface area contributed by atoms with Crippen LogP contribution in [-0.2, 0) is 11.3 Å². The number of carbonyl (C=O) groups excluding carboxylic acids is 1. The van der Waals surface area contributed by atoms with Crippen molar-refractivity contribution in [1.82, 2.24) is 9.88 Å². The van der Waals surface area contributed by atoms with Gasteiger partial charge in [-0.1, -0.05) is 13.8 Å². The molecule has 1 aliphatic rings. The summed E-state index contributed by atoms with van der Waals surface area (Å²) in [6.45, 7) is 6.87. The number of carbonyl (C=O) groups is 1. The molecule has 1 amide bonds. The average molecular weight is 275 g/mol. The Bertz CT molecular complexity index is 447. The fourth-order valence-corrected chi connectivity index (χ4v) is 2.48. The highest BCUT2D eigenvalue weighted by atomic mass is 16.2. The molecular weight excluding hydrogens is 250 g/mol. The van der Waals surface area contributed by atoms with E-state index in [1.54, 1.807) is 0 Å². The van der Waals surface area contributed by atoms with Gasteiger partial charge in [0.2, 0.25) is 5.91 Å². The van der Waals surface area contributed by atoms with Gasteiger partial charge >= 0.3 is 0 Å². The quantitative estimate of drug-likeness (QED) is 0.898. The van der Waals surface area contributed by atoms with Crippen LogP contribution in [0.1, 0.15) is 45.1 Å². The molecule has 1 aliphatic heterocycles. The highest BCUT2D eigenvalue weighted by Crippen LogP contribution is 2.19. The maximum Gasteiger partial charge on any atom is 0.222 e. The Labute approximate surface area is 121 Å². The molecule has 1 atom stereocenters.